The lowest BCUT2D eigenvalue weighted by molar-refractivity contribution is -0.149. The van der Waals surface area contributed by atoms with Gasteiger partial charge in [-0.25, -0.2) is 4.98 Å². The van der Waals surface area contributed by atoms with Gasteiger partial charge in [-0.05, 0) is 36.3 Å². The second-order valence-electron chi connectivity index (χ2n) is 13.1. The second kappa shape index (κ2) is 16.1. The normalized spacial score (nSPS) is 18.2. The highest BCUT2D eigenvalue weighted by Crippen LogP contribution is 2.38. The van der Waals surface area contributed by atoms with E-state index in [9.17, 15) is 24.3 Å². The van der Waals surface area contributed by atoms with E-state index in [1.54, 1.807) is 11.3 Å². The molecular formula is C33H49N5O5S. The molecule has 6 N–H and O–H groups in total. The zero-order valence-electron chi connectivity index (χ0n) is 26.5. The van der Waals surface area contributed by atoms with Crippen molar-refractivity contribution < 1.29 is 24.3 Å². The number of carbonyl (C=O) groups is 4. The first-order valence-corrected chi connectivity index (χ1v) is 16.5. The lowest BCUT2D eigenvalue weighted by atomic mass is 9.70. The summed E-state index contributed by atoms with van der Waals surface area (Å²) in [6, 6.07) is 7.07. The predicted octanol–water partition coefficient (Wildman–Crippen LogP) is 4.07. The van der Waals surface area contributed by atoms with Crippen LogP contribution in [0.3, 0.4) is 0 Å². The topological polar surface area (TPSA) is 169 Å². The van der Waals surface area contributed by atoms with Crippen molar-refractivity contribution in [3.63, 3.8) is 0 Å². The van der Waals surface area contributed by atoms with Crippen LogP contribution in [0.5, 0.6) is 0 Å². The van der Waals surface area contributed by atoms with E-state index < -0.39 is 35.3 Å². The Morgan fingerprint density at radius 3 is 2.25 bits per heavy atom. The number of nitrogens with one attached hydrogen (secondary N) is 1. The molecule has 11 heteroatoms. The molecule has 0 spiro atoms. The number of aliphatic hydroxyl groups is 1. The van der Waals surface area contributed by atoms with Crippen molar-refractivity contribution in [1.82, 2.24) is 15.2 Å². The number of thiazole rings is 1. The highest BCUT2D eigenvalue weighted by molar-refractivity contribution is 7.13. The third-order valence-electron chi connectivity index (χ3n) is 8.45. The zero-order valence-corrected chi connectivity index (χ0v) is 27.3. The van der Waals surface area contributed by atoms with Gasteiger partial charge in [0.2, 0.25) is 23.6 Å². The van der Waals surface area contributed by atoms with E-state index in [4.69, 9.17) is 11.5 Å². The summed E-state index contributed by atoms with van der Waals surface area (Å²) in [5.41, 5.74) is 15.2. The van der Waals surface area contributed by atoms with Gasteiger partial charge in [-0.15, -0.1) is 11.3 Å². The molecule has 1 aromatic carbocycles. The molecule has 2 heterocycles. The van der Waals surface area contributed by atoms with Gasteiger partial charge in [-0.2, -0.15) is 0 Å². The Labute approximate surface area is 265 Å². The van der Waals surface area contributed by atoms with Gasteiger partial charge in [-0.3, -0.25) is 19.2 Å². The smallest absolute Gasteiger partial charge is 0.243 e. The molecule has 4 atom stereocenters. The molecule has 10 nitrogen and oxygen atoms in total. The number of benzene rings is 1. The number of hydrogen-bond acceptors (Lipinski definition) is 7. The molecule has 3 rings (SSSR count). The fraction of sp³-hybridized carbons (Fsp3) is 0.606. The van der Waals surface area contributed by atoms with Crippen molar-refractivity contribution in [2.75, 3.05) is 6.54 Å². The maximum absolute atomic E-state index is 14.1. The summed E-state index contributed by atoms with van der Waals surface area (Å²) in [4.78, 5) is 57.9. The number of aliphatic hydroxyl groups excluding tert-OH is 1. The molecule has 0 saturated carbocycles. The number of hydrogen-bond donors (Lipinski definition) is 4. The average Bonchev–Trinajstić information content (AvgIpc) is 3.56. The van der Waals surface area contributed by atoms with E-state index in [-0.39, 0.29) is 37.2 Å². The minimum absolute atomic E-state index is 0.0309. The highest BCUT2D eigenvalue weighted by Gasteiger charge is 2.47. The molecule has 1 aliphatic heterocycles. The molecule has 0 bridgehead atoms. The van der Waals surface area contributed by atoms with Crippen LogP contribution in [0, 0.1) is 24.2 Å². The number of nitrogens with zero attached hydrogens (tertiary/aromatic N) is 2. The number of primary amides is 2. The maximum atomic E-state index is 14.1. The van der Waals surface area contributed by atoms with Crippen LogP contribution >= 0.6 is 11.3 Å². The number of unbranched alkanes of at least 4 members (excludes halogenated alkanes) is 5. The number of amides is 4. The van der Waals surface area contributed by atoms with Crippen LogP contribution in [-0.4, -0.2) is 57.3 Å². The standard InChI is InChI=1S/C33H49N5O5S/c1-21-29(44-20-37-21)23-15-13-22(14-16-23)18-36-31(42)26-17-24(39)19-38(26)32(43)28(33(2,3)4)25(30(35)41)11-9-7-5-6-8-10-12-27(34)40/h13-16,20,24-26,28,39H,5-12,17-19H2,1-4H3,(H2,34,40)(H2,35,41)(H,36,42)/t24-,25?,26+,28-/m1/s1. The van der Waals surface area contributed by atoms with Crippen molar-refractivity contribution in [2.45, 2.75) is 104 Å². The molecule has 4 amide bonds. The summed E-state index contributed by atoms with van der Waals surface area (Å²) in [5, 5.41) is 13.5. The van der Waals surface area contributed by atoms with Crippen LogP contribution in [0.2, 0.25) is 0 Å². The molecule has 0 aliphatic carbocycles. The third kappa shape index (κ3) is 9.85. The van der Waals surface area contributed by atoms with Gasteiger partial charge in [0.25, 0.3) is 0 Å². The van der Waals surface area contributed by atoms with Crippen LogP contribution in [0.15, 0.2) is 29.8 Å². The molecule has 1 saturated heterocycles. The van der Waals surface area contributed by atoms with Crippen molar-refractivity contribution in [3.05, 3.63) is 41.0 Å². The van der Waals surface area contributed by atoms with E-state index >= 15 is 0 Å². The second-order valence-corrected chi connectivity index (χ2v) is 13.9. The van der Waals surface area contributed by atoms with Crippen LogP contribution in [0.25, 0.3) is 10.4 Å². The SMILES string of the molecule is Cc1ncsc1-c1ccc(CNC(=O)[C@@H]2C[C@@H](O)CN2C(=O)[C@@H](C(CCCCCCCCC(N)=O)C(N)=O)C(C)(C)C)cc1. The van der Waals surface area contributed by atoms with Gasteiger partial charge in [0.1, 0.15) is 6.04 Å². The van der Waals surface area contributed by atoms with Crippen LogP contribution in [-0.2, 0) is 25.7 Å². The summed E-state index contributed by atoms with van der Waals surface area (Å²) in [7, 11) is 0. The summed E-state index contributed by atoms with van der Waals surface area (Å²) >= 11 is 1.58. The van der Waals surface area contributed by atoms with Crippen molar-refractivity contribution in [1.29, 1.82) is 0 Å². The summed E-state index contributed by atoms with van der Waals surface area (Å²) in [5.74, 6) is -2.91. The lowest BCUT2D eigenvalue weighted by Crippen LogP contribution is -2.52. The molecule has 242 valence electrons. The molecule has 1 aliphatic rings. The summed E-state index contributed by atoms with van der Waals surface area (Å²) < 4.78 is 0. The van der Waals surface area contributed by atoms with Crippen LogP contribution < -0.4 is 16.8 Å². The highest BCUT2D eigenvalue weighted by atomic mass is 32.1. The Morgan fingerprint density at radius 2 is 1.68 bits per heavy atom. The van der Waals surface area contributed by atoms with Crippen LogP contribution in [0.1, 0.15) is 89.8 Å². The Kier molecular flexibility index (Phi) is 12.9. The maximum Gasteiger partial charge on any atom is 0.243 e. The number of β-amino-alcohol motifs (C(OH)–C–C–N with tert-alkyl or cyclic N) is 1. The van der Waals surface area contributed by atoms with E-state index in [0.29, 0.717) is 12.8 Å². The molecular weight excluding hydrogens is 578 g/mol. The Bertz CT molecular complexity index is 1270. The van der Waals surface area contributed by atoms with Gasteiger partial charge in [0.15, 0.2) is 0 Å². The summed E-state index contributed by atoms with van der Waals surface area (Å²) in [6.45, 7) is 8.00. The van der Waals surface area contributed by atoms with Crippen LogP contribution in [0.4, 0.5) is 0 Å². The third-order valence-corrected chi connectivity index (χ3v) is 9.43. The first-order chi connectivity index (χ1) is 20.8. The first-order valence-electron chi connectivity index (χ1n) is 15.6. The number of nitrogens with two attached hydrogens (primary N) is 2. The molecule has 1 fully saturated rings. The number of likely N-dealkylation sites (tertiary alicyclic amines) is 1. The number of aromatic nitrogens is 1. The quantitative estimate of drug-likeness (QED) is 0.205. The monoisotopic (exact) mass is 627 g/mol. The molecule has 2 aromatic rings. The van der Waals surface area contributed by atoms with Crippen molar-refractivity contribution in [2.24, 2.45) is 28.7 Å². The zero-order chi connectivity index (χ0) is 32.4. The van der Waals surface area contributed by atoms with Gasteiger partial charge in [-0.1, -0.05) is 77.1 Å². The average molecular weight is 628 g/mol. The van der Waals surface area contributed by atoms with Crippen molar-refractivity contribution in [3.8, 4) is 10.4 Å². The Balaban J connectivity index is 1.63. The van der Waals surface area contributed by atoms with Crippen molar-refractivity contribution >= 4 is 35.0 Å². The molecule has 44 heavy (non-hydrogen) atoms. The Hall–Kier alpha value is -3.31. The van der Waals surface area contributed by atoms with Gasteiger partial charge in [0.05, 0.1) is 28.1 Å². The minimum atomic E-state index is -0.838. The molecule has 0 radical (unpaired) electrons. The first kappa shape index (κ1) is 35.2. The number of aryl methyl sites for hydroxylation is 1. The van der Waals surface area contributed by atoms with Gasteiger partial charge in [0, 0.05) is 31.8 Å². The summed E-state index contributed by atoms with van der Waals surface area (Å²) in [6.07, 6.45) is 5.38. The number of rotatable bonds is 16. The van der Waals surface area contributed by atoms with Gasteiger partial charge >= 0.3 is 0 Å². The Morgan fingerprint density at radius 1 is 1.05 bits per heavy atom. The van der Waals surface area contributed by atoms with Gasteiger partial charge < -0.3 is 26.8 Å². The number of carbonyl (C=O) groups excluding carboxylic acids is 4. The van der Waals surface area contributed by atoms with E-state index in [2.05, 4.69) is 10.3 Å². The van der Waals surface area contributed by atoms with E-state index in [1.165, 1.54) is 4.90 Å². The fourth-order valence-corrected chi connectivity index (χ4v) is 6.95. The fourth-order valence-electron chi connectivity index (χ4n) is 6.13. The predicted molar refractivity (Wildman–Crippen MR) is 172 cm³/mol. The molecule has 1 unspecified atom stereocenters. The van der Waals surface area contributed by atoms with E-state index in [1.807, 2.05) is 57.5 Å². The largest absolute Gasteiger partial charge is 0.391 e. The minimum Gasteiger partial charge on any atom is -0.391 e. The lowest BCUT2D eigenvalue weighted by Gasteiger charge is -2.38. The van der Waals surface area contributed by atoms with E-state index in [0.717, 1.165) is 60.2 Å². The molecule has 1 aromatic heterocycles.